The largest absolute Gasteiger partial charge is 0.379 e. The van der Waals surface area contributed by atoms with Gasteiger partial charge in [0.25, 0.3) is 0 Å². The Morgan fingerprint density at radius 3 is 2.41 bits per heavy atom. The van der Waals surface area contributed by atoms with Crippen molar-refractivity contribution < 1.29 is 4.74 Å². The van der Waals surface area contributed by atoms with E-state index in [4.69, 9.17) is 9.73 Å². The van der Waals surface area contributed by atoms with Crippen LogP contribution in [0.5, 0.6) is 0 Å². The molecule has 1 aliphatic heterocycles. The van der Waals surface area contributed by atoms with Crippen LogP contribution in [-0.2, 0) is 4.74 Å². The second-order valence-corrected chi connectivity index (χ2v) is 6.60. The van der Waals surface area contributed by atoms with Gasteiger partial charge in [-0.05, 0) is 32.6 Å². The molecule has 2 atom stereocenters. The van der Waals surface area contributed by atoms with Crippen LogP contribution in [0.3, 0.4) is 0 Å². The Labute approximate surface area is 136 Å². The third-order valence-electron chi connectivity index (χ3n) is 4.11. The van der Waals surface area contributed by atoms with Crippen LogP contribution in [0.25, 0.3) is 0 Å². The molecular formula is C17H36N4O. The number of nitrogens with one attached hydrogen (secondary N) is 2. The van der Waals surface area contributed by atoms with E-state index in [0.29, 0.717) is 18.0 Å². The van der Waals surface area contributed by atoms with Gasteiger partial charge >= 0.3 is 0 Å². The maximum Gasteiger partial charge on any atom is 0.191 e. The molecule has 22 heavy (non-hydrogen) atoms. The summed E-state index contributed by atoms with van der Waals surface area (Å²) in [6, 6.07) is 0.959. The lowest BCUT2D eigenvalue weighted by molar-refractivity contribution is 0.0143. The molecular weight excluding hydrogens is 276 g/mol. The number of ether oxygens (including phenoxy) is 1. The predicted octanol–water partition coefficient (Wildman–Crippen LogP) is 2.09. The average molecular weight is 313 g/mol. The minimum absolute atomic E-state index is 0.449. The first kappa shape index (κ1) is 19.2. The Hall–Kier alpha value is -0.810. The van der Waals surface area contributed by atoms with Crippen molar-refractivity contribution in [3.8, 4) is 0 Å². The SMILES string of the molecule is CCNC(=NCC(CC(C)C)N1CCOCC1)NC(C)CC. The highest BCUT2D eigenvalue weighted by molar-refractivity contribution is 5.80. The smallest absolute Gasteiger partial charge is 0.191 e. The van der Waals surface area contributed by atoms with E-state index in [-0.39, 0.29) is 0 Å². The summed E-state index contributed by atoms with van der Waals surface area (Å²) in [6.07, 6.45) is 2.29. The highest BCUT2D eigenvalue weighted by Gasteiger charge is 2.21. The third kappa shape index (κ3) is 7.45. The standard InChI is InChI=1S/C17H36N4O/c1-6-15(5)20-17(18-7-2)19-13-16(12-14(3)4)21-8-10-22-11-9-21/h14-16H,6-13H2,1-5H3,(H2,18,19,20). The molecule has 0 aromatic heterocycles. The van der Waals surface area contributed by atoms with Gasteiger partial charge < -0.3 is 15.4 Å². The molecule has 0 aromatic carbocycles. The summed E-state index contributed by atoms with van der Waals surface area (Å²) in [5.74, 6) is 1.63. The van der Waals surface area contributed by atoms with Gasteiger partial charge in [0.15, 0.2) is 5.96 Å². The first-order valence-corrected chi connectivity index (χ1v) is 8.93. The van der Waals surface area contributed by atoms with Crippen LogP contribution in [0.15, 0.2) is 4.99 Å². The highest BCUT2D eigenvalue weighted by Crippen LogP contribution is 2.14. The molecule has 0 aliphatic carbocycles. The second-order valence-electron chi connectivity index (χ2n) is 6.60. The van der Waals surface area contributed by atoms with E-state index in [1.54, 1.807) is 0 Å². The Kier molecular flexibility index (Phi) is 9.48. The molecule has 0 amide bonds. The Balaban J connectivity index is 2.65. The summed E-state index contributed by atoms with van der Waals surface area (Å²) < 4.78 is 5.48. The van der Waals surface area contributed by atoms with E-state index in [1.165, 1.54) is 6.42 Å². The van der Waals surface area contributed by atoms with E-state index in [2.05, 4.69) is 50.2 Å². The van der Waals surface area contributed by atoms with Crippen molar-refractivity contribution in [2.75, 3.05) is 39.4 Å². The van der Waals surface area contributed by atoms with E-state index < -0.39 is 0 Å². The van der Waals surface area contributed by atoms with E-state index in [0.717, 1.165) is 51.8 Å². The highest BCUT2D eigenvalue weighted by atomic mass is 16.5. The van der Waals surface area contributed by atoms with Crippen LogP contribution in [0.2, 0.25) is 0 Å². The lowest BCUT2D eigenvalue weighted by Gasteiger charge is -2.34. The summed E-state index contributed by atoms with van der Waals surface area (Å²) in [5, 5.41) is 6.83. The first-order valence-electron chi connectivity index (χ1n) is 8.93. The zero-order valence-corrected chi connectivity index (χ0v) is 15.2. The lowest BCUT2D eigenvalue weighted by atomic mass is 10.0. The molecule has 5 nitrogen and oxygen atoms in total. The number of morpholine rings is 1. The minimum Gasteiger partial charge on any atom is -0.379 e. The van der Waals surface area contributed by atoms with Gasteiger partial charge in [0.2, 0.25) is 0 Å². The normalized spacial score (nSPS) is 20.0. The van der Waals surface area contributed by atoms with Crippen LogP contribution in [0.1, 0.15) is 47.5 Å². The van der Waals surface area contributed by atoms with Crippen molar-refractivity contribution in [1.82, 2.24) is 15.5 Å². The quantitative estimate of drug-likeness (QED) is 0.532. The molecule has 0 aromatic rings. The van der Waals surface area contributed by atoms with Crippen molar-refractivity contribution in [3.63, 3.8) is 0 Å². The van der Waals surface area contributed by atoms with Gasteiger partial charge in [-0.1, -0.05) is 20.8 Å². The Morgan fingerprint density at radius 2 is 1.86 bits per heavy atom. The van der Waals surface area contributed by atoms with Crippen LogP contribution >= 0.6 is 0 Å². The molecule has 1 saturated heterocycles. The first-order chi connectivity index (χ1) is 10.6. The maximum atomic E-state index is 5.48. The zero-order valence-electron chi connectivity index (χ0n) is 15.2. The molecule has 2 unspecified atom stereocenters. The zero-order chi connectivity index (χ0) is 16.4. The molecule has 1 rings (SSSR count). The number of hydrogen-bond donors (Lipinski definition) is 2. The van der Waals surface area contributed by atoms with Gasteiger partial charge in [-0.2, -0.15) is 0 Å². The summed E-state index contributed by atoms with van der Waals surface area (Å²) >= 11 is 0. The molecule has 0 saturated carbocycles. The number of hydrogen-bond acceptors (Lipinski definition) is 3. The van der Waals surface area contributed by atoms with Crippen LogP contribution in [0, 0.1) is 5.92 Å². The van der Waals surface area contributed by atoms with Crippen LogP contribution in [0.4, 0.5) is 0 Å². The fourth-order valence-corrected chi connectivity index (χ4v) is 2.68. The van der Waals surface area contributed by atoms with Crippen molar-refractivity contribution in [2.24, 2.45) is 10.9 Å². The van der Waals surface area contributed by atoms with Crippen molar-refractivity contribution in [1.29, 1.82) is 0 Å². The van der Waals surface area contributed by atoms with E-state index >= 15 is 0 Å². The number of guanidine groups is 1. The minimum atomic E-state index is 0.449. The molecule has 0 bridgehead atoms. The molecule has 1 heterocycles. The lowest BCUT2D eigenvalue weighted by Crippen LogP contribution is -2.47. The van der Waals surface area contributed by atoms with Crippen molar-refractivity contribution >= 4 is 5.96 Å². The fraction of sp³-hybridized carbons (Fsp3) is 0.941. The Morgan fingerprint density at radius 1 is 1.18 bits per heavy atom. The third-order valence-corrected chi connectivity index (χ3v) is 4.11. The van der Waals surface area contributed by atoms with Gasteiger partial charge in [0.05, 0.1) is 19.8 Å². The topological polar surface area (TPSA) is 48.9 Å². The summed E-state index contributed by atoms with van der Waals surface area (Å²) in [4.78, 5) is 7.38. The predicted molar refractivity (Wildman–Crippen MR) is 94.5 cm³/mol. The molecule has 1 fully saturated rings. The molecule has 0 radical (unpaired) electrons. The van der Waals surface area contributed by atoms with E-state index in [9.17, 15) is 0 Å². The monoisotopic (exact) mass is 312 g/mol. The molecule has 1 aliphatic rings. The maximum absolute atomic E-state index is 5.48. The summed E-state index contributed by atoms with van der Waals surface area (Å²) in [7, 11) is 0. The summed E-state index contributed by atoms with van der Waals surface area (Å²) in [6.45, 7) is 16.6. The average Bonchev–Trinajstić information content (AvgIpc) is 2.51. The van der Waals surface area contributed by atoms with Gasteiger partial charge in [0.1, 0.15) is 0 Å². The second kappa shape index (κ2) is 10.8. The van der Waals surface area contributed by atoms with Crippen molar-refractivity contribution in [2.45, 2.75) is 59.5 Å². The number of aliphatic imine (C=N–C) groups is 1. The van der Waals surface area contributed by atoms with Crippen LogP contribution in [-0.4, -0.2) is 62.3 Å². The molecule has 5 heteroatoms. The van der Waals surface area contributed by atoms with E-state index in [1.807, 2.05) is 0 Å². The van der Waals surface area contributed by atoms with Crippen LogP contribution < -0.4 is 10.6 Å². The van der Waals surface area contributed by atoms with Crippen molar-refractivity contribution in [3.05, 3.63) is 0 Å². The number of rotatable bonds is 8. The van der Waals surface area contributed by atoms with Gasteiger partial charge in [-0.3, -0.25) is 9.89 Å². The summed E-state index contributed by atoms with van der Waals surface area (Å²) in [5.41, 5.74) is 0. The van der Waals surface area contributed by atoms with Gasteiger partial charge in [-0.15, -0.1) is 0 Å². The molecule has 130 valence electrons. The van der Waals surface area contributed by atoms with Gasteiger partial charge in [-0.25, -0.2) is 0 Å². The number of nitrogens with zero attached hydrogens (tertiary/aromatic N) is 2. The molecule has 2 N–H and O–H groups in total. The fourth-order valence-electron chi connectivity index (χ4n) is 2.68. The Bertz CT molecular complexity index is 314. The molecule has 0 spiro atoms. The van der Waals surface area contributed by atoms with Gasteiger partial charge in [0, 0.05) is 31.7 Å².